The molecule has 1 aromatic heterocycles. The zero-order valence-corrected chi connectivity index (χ0v) is 19.4. The highest BCUT2D eigenvalue weighted by Crippen LogP contribution is 2.36. The molecule has 1 N–H and O–H groups in total. The molecule has 0 aliphatic heterocycles. The summed E-state index contributed by atoms with van der Waals surface area (Å²) < 4.78 is 20.7. The Morgan fingerprint density at radius 1 is 1.21 bits per heavy atom. The number of benzene rings is 2. The lowest BCUT2D eigenvalue weighted by molar-refractivity contribution is -0.384. The molecule has 0 saturated heterocycles. The van der Waals surface area contributed by atoms with E-state index in [4.69, 9.17) is 4.74 Å². The van der Waals surface area contributed by atoms with Crippen LogP contribution in [0.25, 0.3) is 11.4 Å². The van der Waals surface area contributed by atoms with Crippen LogP contribution in [0.1, 0.15) is 38.1 Å². The maximum Gasteiger partial charge on any atom is 0.295 e. The fourth-order valence-electron chi connectivity index (χ4n) is 4.06. The number of amides is 1. The number of anilines is 1. The number of thioether (sulfide) groups is 1. The molecule has 1 aliphatic carbocycles. The van der Waals surface area contributed by atoms with Crippen LogP contribution in [0, 0.1) is 15.9 Å². The summed E-state index contributed by atoms with van der Waals surface area (Å²) in [6.07, 6.45) is 5.43. The molecule has 1 aliphatic rings. The Morgan fingerprint density at radius 2 is 1.94 bits per heavy atom. The normalized spacial score (nSPS) is 14.1. The minimum absolute atomic E-state index is 0.0258. The standard InChI is InChI=1S/C23H24FN5O4S/c1-33-18-10-7-15(8-11-18)22-26-27-23(28(22)17-5-3-2-4-6-17)34-14-21(30)25-19-12-9-16(24)13-20(19)29(31)32/h7-13,17H,2-6,14H2,1H3,(H,25,30). The summed E-state index contributed by atoms with van der Waals surface area (Å²) in [5.74, 6) is 0.247. The summed E-state index contributed by atoms with van der Waals surface area (Å²) in [5.41, 5.74) is 0.354. The highest BCUT2D eigenvalue weighted by atomic mass is 32.2. The molecular weight excluding hydrogens is 461 g/mol. The number of carbonyl (C=O) groups is 1. The quantitative estimate of drug-likeness (QED) is 0.264. The van der Waals surface area contributed by atoms with Gasteiger partial charge >= 0.3 is 0 Å². The number of halogens is 1. The van der Waals surface area contributed by atoms with Crippen molar-refractivity contribution in [1.82, 2.24) is 14.8 Å². The highest BCUT2D eigenvalue weighted by Gasteiger charge is 2.25. The number of hydrogen-bond donors (Lipinski definition) is 1. The molecule has 1 fully saturated rings. The van der Waals surface area contributed by atoms with Crippen LogP contribution in [-0.4, -0.2) is 38.5 Å². The third-order valence-electron chi connectivity index (χ3n) is 5.72. The molecule has 0 spiro atoms. The third kappa shape index (κ3) is 5.36. The largest absolute Gasteiger partial charge is 0.497 e. The first kappa shape index (κ1) is 23.7. The Bertz CT molecular complexity index is 1180. The van der Waals surface area contributed by atoms with Gasteiger partial charge in [-0.05, 0) is 49.2 Å². The molecule has 11 heteroatoms. The maximum atomic E-state index is 13.4. The smallest absolute Gasteiger partial charge is 0.295 e. The fourth-order valence-corrected chi connectivity index (χ4v) is 4.86. The number of aromatic nitrogens is 3. The van der Waals surface area contributed by atoms with Crippen molar-refractivity contribution in [2.24, 2.45) is 0 Å². The molecule has 9 nitrogen and oxygen atoms in total. The van der Waals surface area contributed by atoms with Crippen molar-refractivity contribution in [3.05, 3.63) is 58.4 Å². The monoisotopic (exact) mass is 485 g/mol. The molecule has 1 saturated carbocycles. The van der Waals surface area contributed by atoms with Gasteiger partial charge in [0.05, 0.1) is 23.9 Å². The Kier molecular flexibility index (Phi) is 7.41. The molecule has 4 rings (SSSR count). The predicted octanol–water partition coefficient (Wildman–Crippen LogP) is 5.24. The fraction of sp³-hybridized carbons (Fsp3) is 0.348. The Balaban J connectivity index is 1.54. The van der Waals surface area contributed by atoms with Gasteiger partial charge in [-0.1, -0.05) is 31.0 Å². The van der Waals surface area contributed by atoms with Gasteiger partial charge in [-0.15, -0.1) is 10.2 Å². The second kappa shape index (κ2) is 10.6. The summed E-state index contributed by atoms with van der Waals surface area (Å²) in [6, 6.07) is 10.8. The van der Waals surface area contributed by atoms with Gasteiger partial charge in [0.1, 0.15) is 17.3 Å². The van der Waals surface area contributed by atoms with Gasteiger partial charge in [-0.2, -0.15) is 0 Å². The number of nitro benzene ring substituents is 1. The first-order valence-electron chi connectivity index (χ1n) is 10.9. The molecule has 34 heavy (non-hydrogen) atoms. The SMILES string of the molecule is COc1ccc(-c2nnc(SCC(=O)Nc3ccc(F)cc3[N+](=O)[O-])n2C2CCCCC2)cc1. The molecule has 1 heterocycles. The van der Waals surface area contributed by atoms with Gasteiger partial charge in [0.2, 0.25) is 5.91 Å². The summed E-state index contributed by atoms with van der Waals surface area (Å²) in [5, 5.41) is 23.1. The van der Waals surface area contributed by atoms with Gasteiger partial charge in [0.15, 0.2) is 11.0 Å². The van der Waals surface area contributed by atoms with E-state index < -0.39 is 22.3 Å². The molecule has 2 aromatic carbocycles. The Hall–Kier alpha value is -3.47. The number of methoxy groups -OCH3 is 1. The molecule has 0 bridgehead atoms. The van der Waals surface area contributed by atoms with Crippen molar-refractivity contribution >= 4 is 29.0 Å². The highest BCUT2D eigenvalue weighted by molar-refractivity contribution is 7.99. The van der Waals surface area contributed by atoms with E-state index in [0.29, 0.717) is 5.16 Å². The molecule has 0 atom stereocenters. The summed E-state index contributed by atoms with van der Waals surface area (Å²) in [4.78, 5) is 23.0. The lowest BCUT2D eigenvalue weighted by Crippen LogP contribution is -2.18. The third-order valence-corrected chi connectivity index (χ3v) is 6.66. The Morgan fingerprint density at radius 3 is 2.62 bits per heavy atom. The van der Waals surface area contributed by atoms with Crippen LogP contribution in [0.3, 0.4) is 0 Å². The van der Waals surface area contributed by atoms with Crippen LogP contribution >= 0.6 is 11.8 Å². The zero-order valence-electron chi connectivity index (χ0n) is 18.6. The average Bonchev–Trinajstić information content (AvgIpc) is 3.28. The van der Waals surface area contributed by atoms with E-state index in [9.17, 15) is 19.3 Å². The second-order valence-corrected chi connectivity index (χ2v) is 8.89. The van der Waals surface area contributed by atoms with E-state index in [1.54, 1.807) is 7.11 Å². The van der Waals surface area contributed by atoms with Crippen LogP contribution in [0.5, 0.6) is 5.75 Å². The Labute approximate surface area is 199 Å². The van der Waals surface area contributed by atoms with Crippen LogP contribution in [0.15, 0.2) is 47.6 Å². The van der Waals surface area contributed by atoms with Crippen molar-refractivity contribution in [2.75, 3.05) is 18.2 Å². The number of nitrogens with zero attached hydrogens (tertiary/aromatic N) is 4. The maximum absolute atomic E-state index is 13.4. The lowest BCUT2D eigenvalue weighted by atomic mass is 9.95. The van der Waals surface area contributed by atoms with Crippen molar-refractivity contribution in [3.63, 3.8) is 0 Å². The van der Waals surface area contributed by atoms with Crippen LogP contribution in [0.4, 0.5) is 15.8 Å². The zero-order chi connectivity index (χ0) is 24.1. The van der Waals surface area contributed by atoms with Crippen LogP contribution < -0.4 is 10.1 Å². The van der Waals surface area contributed by atoms with Gasteiger partial charge < -0.3 is 10.1 Å². The van der Waals surface area contributed by atoms with E-state index in [-0.39, 0.29) is 17.5 Å². The minimum atomic E-state index is -0.745. The molecule has 0 unspecified atom stereocenters. The summed E-state index contributed by atoms with van der Waals surface area (Å²) in [6.45, 7) is 0. The number of ether oxygens (including phenoxy) is 1. The van der Waals surface area contributed by atoms with E-state index in [1.165, 1.54) is 24.2 Å². The van der Waals surface area contributed by atoms with Gasteiger partial charge in [0, 0.05) is 11.6 Å². The van der Waals surface area contributed by atoms with E-state index >= 15 is 0 Å². The molecule has 1 amide bonds. The minimum Gasteiger partial charge on any atom is -0.497 e. The van der Waals surface area contributed by atoms with E-state index in [2.05, 4.69) is 20.1 Å². The topological polar surface area (TPSA) is 112 Å². The van der Waals surface area contributed by atoms with Crippen molar-refractivity contribution in [1.29, 1.82) is 0 Å². The summed E-state index contributed by atoms with van der Waals surface area (Å²) in [7, 11) is 1.61. The molecular formula is C23H24FN5O4S. The van der Waals surface area contributed by atoms with Gasteiger partial charge in [-0.25, -0.2) is 4.39 Å². The van der Waals surface area contributed by atoms with Crippen molar-refractivity contribution in [3.8, 4) is 17.1 Å². The number of carbonyl (C=O) groups excluding carboxylic acids is 1. The predicted molar refractivity (Wildman–Crippen MR) is 127 cm³/mol. The molecule has 3 aromatic rings. The molecule has 178 valence electrons. The van der Waals surface area contributed by atoms with Crippen LogP contribution in [-0.2, 0) is 4.79 Å². The van der Waals surface area contributed by atoms with Gasteiger partial charge in [-0.3, -0.25) is 19.5 Å². The molecule has 0 radical (unpaired) electrons. The van der Waals surface area contributed by atoms with Crippen molar-refractivity contribution < 1.29 is 18.8 Å². The number of rotatable bonds is 8. The average molecular weight is 486 g/mol. The number of nitrogens with one attached hydrogen (secondary N) is 1. The summed E-state index contributed by atoms with van der Waals surface area (Å²) >= 11 is 1.22. The number of hydrogen-bond acceptors (Lipinski definition) is 7. The van der Waals surface area contributed by atoms with E-state index in [1.807, 2.05) is 24.3 Å². The van der Waals surface area contributed by atoms with Crippen LogP contribution in [0.2, 0.25) is 0 Å². The van der Waals surface area contributed by atoms with Gasteiger partial charge in [0.25, 0.3) is 5.69 Å². The number of nitro groups is 1. The van der Waals surface area contributed by atoms with Crippen molar-refractivity contribution in [2.45, 2.75) is 43.3 Å². The lowest BCUT2D eigenvalue weighted by Gasteiger charge is -2.25. The first-order chi connectivity index (χ1) is 16.5. The first-order valence-corrected chi connectivity index (χ1v) is 11.9. The van der Waals surface area contributed by atoms with E-state index in [0.717, 1.165) is 55.0 Å². The second-order valence-electron chi connectivity index (χ2n) is 7.95.